The van der Waals surface area contributed by atoms with E-state index < -0.39 is 5.60 Å². The van der Waals surface area contributed by atoms with E-state index >= 15 is 0 Å². The zero-order valence-electron chi connectivity index (χ0n) is 13.0. The molecule has 1 amide bonds. The molecule has 4 nitrogen and oxygen atoms in total. The lowest BCUT2D eigenvalue weighted by Gasteiger charge is -2.31. The first-order valence-corrected chi connectivity index (χ1v) is 8.82. The van der Waals surface area contributed by atoms with Crippen molar-refractivity contribution in [1.29, 1.82) is 0 Å². The second-order valence-corrected chi connectivity index (χ2v) is 7.35. The molecule has 1 aliphatic rings. The van der Waals surface area contributed by atoms with E-state index in [9.17, 15) is 9.90 Å². The number of aryl methyl sites for hydroxylation is 2. The lowest BCUT2D eigenvalue weighted by molar-refractivity contribution is 0.0311. The molecular weight excluding hydrogens is 296 g/mol. The van der Waals surface area contributed by atoms with Gasteiger partial charge >= 0.3 is 0 Å². The summed E-state index contributed by atoms with van der Waals surface area (Å²) in [6.07, 6.45) is 1.48. The molecule has 0 unspecified atom stereocenters. The number of hydrogen-bond donors (Lipinski definition) is 3. The van der Waals surface area contributed by atoms with Gasteiger partial charge in [0.2, 0.25) is 0 Å². The molecule has 0 aliphatic carbocycles. The number of para-hydroxylation sites is 1. The molecule has 0 bridgehead atoms. The van der Waals surface area contributed by atoms with Crippen LogP contribution in [0.1, 0.15) is 34.5 Å². The van der Waals surface area contributed by atoms with E-state index in [0.29, 0.717) is 12.1 Å². The van der Waals surface area contributed by atoms with Crippen molar-refractivity contribution in [1.82, 2.24) is 10.3 Å². The van der Waals surface area contributed by atoms with Crippen LogP contribution in [0.15, 0.2) is 18.2 Å². The van der Waals surface area contributed by atoms with Crippen molar-refractivity contribution >= 4 is 28.6 Å². The van der Waals surface area contributed by atoms with Gasteiger partial charge in [-0.05, 0) is 49.8 Å². The minimum absolute atomic E-state index is 0.126. The number of H-pyrrole nitrogens is 1. The normalized spacial score (nSPS) is 17.6. The van der Waals surface area contributed by atoms with E-state index in [1.54, 1.807) is 0 Å². The number of rotatable bonds is 3. The largest absolute Gasteiger partial charge is 0.388 e. The zero-order valence-corrected chi connectivity index (χ0v) is 13.8. The first-order valence-electron chi connectivity index (χ1n) is 7.66. The predicted molar refractivity (Wildman–Crippen MR) is 91.6 cm³/mol. The first kappa shape index (κ1) is 15.4. The lowest BCUT2D eigenvalue weighted by atomic mass is 9.96. The Morgan fingerprint density at radius 3 is 2.82 bits per heavy atom. The molecule has 118 valence electrons. The van der Waals surface area contributed by atoms with Crippen molar-refractivity contribution < 1.29 is 9.90 Å². The monoisotopic (exact) mass is 318 g/mol. The van der Waals surface area contributed by atoms with Crippen molar-refractivity contribution in [2.75, 3.05) is 18.1 Å². The summed E-state index contributed by atoms with van der Waals surface area (Å²) in [7, 11) is 0. The van der Waals surface area contributed by atoms with Crippen molar-refractivity contribution in [3.05, 3.63) is 35.0 Å². The van der Waals surface area contributed by atoms with Gasteiger partial charge in [0.1, 0.15) is 0 Å². The molecule has 5 heteroatoms. The van der Waals surface area contributed by atoms with Gasteiger partial charge in [-0.25, -0.2) is 0 Å². The van der Waals surface area contributed by atoms with Gasteiger partial charge in [0.05, 0.1) is 16.7 Å². The molecule has 2 heterocycles. The summed E-state index contributed by atoms with van der Waals surface area (Å²) in [6, 6.07) is 5.76. The summed E-state index contributed by atoms with van der Waals surface area (Å²) >= 11 is 1.86. The molecule has 0 saturated carbocycles. The van der Waals surface area contributed by atoms with Gasteiger partial charge in [0.15, 0.2) is 0 Å². The molecule has 1 aromatic heterocycles. The number of nitrogens with one attached hydrogen (secondary N) is 2. The Bertz CT molecular complexity index is 702. The summed E-state index contributed by atoms with van der Waals surface area (Å²) in [5.74, 6) is 1.78. The van der Waals surface area contributed by atoms with E-state index in [2.05, 4.69) is 17.2 Å². The van der Waals surface area contributed by atoms with E-state index in [-0.39, 0.29) is 5.91 Å². The van der Waals surface area contributed by atoms with Crippen LogP contribution in [-0.4, -0.2) is 39.6 Å². The SMILES string of the molecule is Cc1[nH]c2c(C(=O)NCC3(O)CCSCC3)cccc2c1C. The molecule has 0 radical (unpaired) electrons. The maximum absolute atomic E-state index is 12.5. The third kappa shape index (κ3) is 2.88. The summed E-state index contributed by atoms with van der Waals surface area (Å²) in [4.78, 5) is 15.8. The van der Waals surface area contributed by atoms with Crippen molar-refractivity contribution in [2.45, 2.75) is 32.3 Å². The van der Waals surface area contributed by atoms with Crippen LogP contribution < -0.4 is 5.32 Å². The second-order valence-electron chi connectivity index (χ2n) is 6.12. The van der Waals surface area contributed by atoms with Gasteiger partial charge < -0.3 is 15.4 Å². The Labute approximate surface area is 134 Å². The molecule has 1 aromatic carbocycles. The van der Waals surface area contributed by atoms with Gasteiger partial charge in [0, 0.05) is 17.6 Å². The predicted octanol–water partition coefficient (Wildman–Crippen LogP) is 2.77. The molecule has 1 fully saturated rings. The van der Waals surface area contributed by atoms with Crippen LogP contribution in [0, 0.1) is 13.8 Å². The maximum atomic E-state index is 12.5. The minimum Gasteiger partial charge on any atom is -0.388 e. The fourth-order valence-corrected chi connectivity index (χ4v) is 4.19. The van der Waals surface area contributed by atoms with E-state index in [4.69, 9.17) is 0 Å². The summed E-state index contributed by atoms with van der Waals surface area (Å²) in [6.45, 7) is 4.39. The van der Waals surface area contributed by atoms with Crippen LogP contribution >= 0.6 is 11.8 Å². The molecule has 0 spiro atoms. The highest BCUT2D eigenvalue weighted by atomic mass is 32.2. The highest BCUT2D eigenvalue weighted by Crippen LogP contribution is 2.27. The van der Waals surface area contributed by atoms with Crippen LogP contribution in [0.3, 0.4) is 0 Å². The van der Waals surface area contributed by atoms with Crippen molar-refractivity contribution in [3.8, 4) is 0 Å². The van der Waals surface area contributed by atoms with E-state index in [1.807, 2.05) is 36.9 Å². The Hall–Kier alpha value is -1.46. The molecule has 3 rings (SSSR count). The number of aromatic amines is 1. The van der Waals surface area contributed by atoms with Crippen LogP contribution in [0.5, 0.6) is 0 Å². The highest BCUT2D eigenvalue weighted by Gasteiger charge is 2.30. The van der Waals surface area contributed by atoms with Gasteiger partial charge in [-0.1, -0.05) is 12.1 Å². The Kier molecular flexibility index (Phi) is 4.19. The summed E-state index contributed by atoms with van der Waals surface area (Å²) in [5.41, 5.74) is 3.02. The Balaban J connectivity index is 1.79. The molecule has 1 aliphatic heterocycles. The number of thioether (sulfide) groups is 1. The smallest absolute Gasteiger partial charge is 0.253 e. The summed E-state index contributed by atoms with van der Waals surface area (Å²) in [5, 5.41) is 14.5. The number of aromatic nitrogens is 1. The zero-order chi connectivity index (χ0) is 15.7. The number of aliphatic hydroxyl groups is 1. The number of benzene rings is 1. The number of carbonyl (C=O) groups is 1. The number of amides is 1. The van der Waals surface area contributed by atoms with E-state index in [0.717, 1.165) is 40.9 Å². The molecule has 0 atom stereocenters. The van der Waals surface area contributed by atoms with E-state index in [1.165, 1.54) is 5.56 Å². The van der Waals surface area contributed by atoms with Gasteiger partial charge in [-0.15, -0.1) is 0 Å². The van der Waals surface area contributed by atoms with Gasteiger partial charge in [-0.2, -0.15) is 11.8 Å². The Morgan fingerprint density at radius 2 is 2.09 bits per heavy atom. The average molecular weight is 318 g/mol. The molecule has 1 saturated heterocycles. The summed E-state index contributed by atoms with van der Waals surface area (Å²) < 4.78 is 0. The maximum Gasteiger partial charge on any atom is 0.253 e. The topological polar surface area (TPSA) is 65.1 Å². The van der Waals surface area contributed by atoms with Gasteiger partial charge in [-0.3, -0.25) is 4.79 Å². The van der Waals surface area contributed by atoms with Crippen molar-refractivity contribution in [2.24, 2.45) is 0 Å². The molecular formula is C17H22N2O2S. The number of carbonyl (C=O) groups excluding carboxylic acids is 1. The number of hydrogen-bond acceptors (Lipinski definition) is 3. The quantitative estimate of drug-likeness (QED) is 0.815. The fraction of sp³-hybridized carbons (Fsp3) is 0.471. The fourth-order valence-electron chi connectivity index (χ4n) is 2.94. The third-order valence-electron chi connectivity index (χ3n) is 4.59. The van der Waals surface area contributed by atoms with Crippen LogP contribution in [0.25, 0.3) is 10.9 Å². The Morgan fingerprint density at radius 1 is 1.36 bits per heavy atom. The van der Waals surface area contributed by atoms with Crippen LogP contribution in [0.4, 0.5) is 0 Å². The number of fused-ring (bicyclic) bond motifs is 1. The average Bonchev–Trinajstić information content (AvgIpc) is 2.81. The minimum atomic E-state index is -0.754. The lowest BCUT2D eigenvalue weighted by Crippen LogP contribution is -2.45. The van der Waals surface area contributed by atoms with Crippen LogP contribution in [-0.2, 0) is 0 Å². The first-order chi connectivity index (χ1) is 10.5. The molecule has 22 heavy (non-hydrogen) atoms. The third-order valence-corrected chi connectivity index (χ3v) is 5.58. The second kappa shape index (κ2) is 5.97. The van der Waals surface area contributed by atoms with Crippen LogP contribution in [0.2, 0.25) is 0 Å². The van der Waals surface area contributed by atoms with Crippen molar-refractivity contribution in [3.63, 3.8) is 0 Å². The highest BCUT2D eigenvalue weighted by molar-refractivity contribution is 7.99. The van der Waals surface area contributed by atoms with Gasteiger partial charge in [0.25, 0.3) is 5.91 Å². The standard InChI is InChI=1S/C17H22N2O2S/c1-11-12(2)19-15-13(11)4-3-5-14(15)16(20)18-10-17(21)6-8-22-9-7-17/h3-5,19,21H,6-10H2,1-2H3,(H,18,20). The molecule has 2 aromatic rings. The molecule has 3 N–H and O–H groups in total.